The molecule has 1 saturated heterocycles. The van der Waals surface area contributed by atoms with Crippen LogP contribution in [-0.4, -0.2) is 62.2 Å². The fourth-order valence-electron chi connectivity index (χ4n) is 3.03. The summed E-state index contributed by atoms with van der Waals surface area (Å²) in [6, 6.07) is 15.4. The highest BCUT2D eigenvalue weighted by molar-refractivity contribution is 7.99. The Kier molecular flexibility index (Phi) is 7.74. The molecule has 0 bridgehead atoms. The monoisotopic (exact) mass is 420 g/mol. The SMILES string of the molecule is COc1ccc(OCCSCC(=O)N2CCN(c3cccc(Cl)c3)CC2)cc1. The van der Waals surface area contributed by atoms with E-state index in [9.17, 15) is 4.79 Å². The van der Waals surface area contributed by atoms with Gasteiger partial charge in [0.05, 0.1) is 19.5 Å². The summed E-state index contributed by atoms with van der Waals surface area (Å²) in [7, 11) is 1.64. The number of thioether (sulfide) groups is 1. The van der Waals surface area contributed by atoms with Crippen molar-refractivity contribution in [2.45, 2.75) is 0 Å². The number of anilines is 1. The standard InChI is InChI=1S/C21H25ClN2O3S/c1-26-19-5-7-20(8-6-19)27-13-14-28-16-21(25)24-11-9-23(10-12-24)18-4-2-3-17(22)15-18/h2-8,15H,9-14,16H2,1H3. The molecule has 0 radical (unpaired) electrons. The Bertz CT molecular complexity index is 765. The van der Waals surface area contributed by atoms with Crippen LogP contribution in [0.3, 0.4) is 0 Å². The van der Waals surface area contributed by atoms with E-state index < -0.39 is 0 Å². The Labute approximate surface area is 175 Å². The van der Waals surface area contributed by atoms with E-state index in [1.54, 1.807) is 18.9 Å². The molecule has 2 aromatic carbocycles. The lowest BCUT2D eigenvalue weighted by Crippen LogP contribution is -2.49. The molecule has 1 aliphatic rings. The van der Waals surface area contributed by atoms with Crippen LogP contribution in [0.4, 0.5) is 5.69 Å². The van der Waals surface area contributed by atoms with Crippen LogP contribution in [-0.2, 0) is 4.79 Å². The minimum Gasteiger partial charge on any atom is -0.497 e. The Morgan fingerprint density at radius 2 is 1.79 bits per heavy atom. The van der Waals surface area contributed by atoms with Crippen LogP contribution in [0.2, 0.25) is 5.02 Å². The first-order valence-corrected chi connectivity index (χ1v) is 10.8. The van der Waals surface area contributed by atoms with Crippen LogP contribution in [0.5, 0.6) is 11.5 Å². The summed E-state index contributed by atoms with van der Waals surface area (Å²) in [6.07, 6.45) is 0. The zero-order valence-electron chi connectivity index (χ0n) is 16.0. The lowest BCUT2D eigenvalue weighted by atomic mass is 10.2. The average molecular weight is 421 g/mol. The number of ether oxygens (including phenoxy) is 2. The minimum absolute atomic E-state index is 0.195. The van der Waals surface area contributed by atoms with Gasteiger partial charge in [0, 0.05) is 42.6 Å². The summed E-state index contributed by atoms with van der Waals surface area (Å²) < 4.78 is 10.8. The van der Waals surface area contributed by atoms with Crippen molar-refractivity contribution in [3.05, 3.63) is 53.6 Å². The second-order valence-electron chi connectivity index (χ2n) is 6.42. The van der Waals surface area contributed by atoms with Crippen molar-refractivity contribution in [2.24, 2.45) is 0 Å². The predicted octanol–water partition coefficient (Wildman–Crippen LogP) is 3.81. The largest absolute Gasteiger partial charge is 0.497 e. The molecule has 5 nitrogen and oxygen atoms in total. The van der Waals surface area contributed by atoms with Crippen molar-refractivity contribution in [3.8, 4) is 11.5 Å². The Balaban J connectivity index is 1.32. The molecule has 2 aromatic rings. The van der Waals surface area contributed by atoms with Crippen molar-refractivity contribution in [1.29, 1.82) is 0 Å². The van der Waals surface area contributed by atoms with Gasteiger partial charge >= 0.3 is 0 Å². The smallest absolute Gasteiger partial charge is 0.232 e. The molecule has 3 rings (SSSR count). The number of rotatable bonds is 8. The second kappa shape index (κ2) is 10.5. The van der Waals surface area contributed by atoms with E-state index in [0.29, 0.717) is 12.4 Å². The van der Waals surface area contributed by atoms with Gasteiger partial charge in [-0.15, -0.1) is 11.8 Å². The summed E-state index contributed by atoms with van der Waals surface area (Å²) >= 11 is 7.68. The van der Waals surface area contributed by atoms with E-state index in [-0.39, 0.29) is 5.91 Å². The second-order valence-corrected chi connectivity index (χ2v) is 7.97. The molecule has 1 heterocycles. The molecule has 1 amide bonds. The highest BCUT2D eigenvalue weighted by Crippen LogP contribution is 2.21. The summed E-state index contributed by atoms with van der Waals surface area (Å²) in [6.45, 7) is 3.73. The van der Waals surface area contributed by atoms with Crippen molar-refractivity contribution in [3.63, 3.8) is 0 Å². The van der Waals surface area contributed by atoms with Crippen LogP contribution in [0, 0.1) is 0 Å². The fourth-order valence-corrected chi connectivity index (χ4v) is 3.92. The van der Waals surface area contributed by atoms with Crippen molar-refractivity contribution in [2.75, 3.05) is 56.3 Å². The molecular formula is C21H25ClN2O3S. The van der Waals surface area contributed by atoms with Gasteiger partial charge in [0.1, 0.15) is 11.5 Å². The number of benzene rings is 2. The van der Waals surface area contributed by atoms with Gasteiger partial charge in [-0.1, -0.05) is 17.7 Å². The number of hydrogen-bond donors (Lipinski definition) is 0. The van der Waals surface area contributed by atoms with Gasteiger partial charge < -0.3 is 19.3 Å². The predicted molar refractivity (Wildman–Crippen MR) is 116 cm³/mol. The molecule has 0 unspecified atom stereocenters. The maximum Gasteiger partial charge on any atom is 0.232 e. The summed E-state index contributed by atoms with van der Waals surface area (Å²) in [4.78, 5) is 16.6. The molecule has 0 saturated carbocycles. The zero-order valence-corrected chi connectivity index (χ0v) is 17.5. The van der Waals surface area contributed by atoms with Gasteiger partial charge in [-0.3, -0.25) is 4.79 Å². The van der Waals surface area contributed by atoms with E-state index in [0.717, 1.165) is 54.1 Å². The van der Waals surface area contributed by atoms with Crippen LogP contribution < -0.4 is 14.4 Å². The number of amides is 1. The van der Waals surface area contributed by atoms with E-state index in [2.05, 4.69) is 11.0 Å². The van der Waals surface area contributed by atoms with Gasteiger partial charge in [0.25, 0.3) is 0 Å². The Hall–Kier alpha value is -2.05. The number of methoxy groups -OCH3 is 1. The molecule has 1 fully saturated rings. The highest BCUT2D eigenvalue weighted by atomic mass is 35.5. The maximum atomic E-state index is 12.4. The van der Waals surface area contributed by atoms with E-state index in [1.807, 2.05) is 47.4 Å². The lowest BCUT2D eigenvalue weighted by molar-refractivity contribution is -0.128. The molecule has 0 aliphatic carbocycles. The topological polar surface area (TPSA) is 42.0 Å². The molecule has 0 atom stereocenters. The molecule has 0 spiro atoms. The van der Waals surface area contributed by atoms with Crippen LogP contribution in [0.15, 0.2) is 48.5 Å². The molecule has 150 valence electrons. The van der Waals surface area contributed by atoms with Gasteiger partial charge in [0.15, 0.2) is 0 Å². The minimum atomic E-state index is 0.195. The van der Waals surface area contributed by atoms with E-state index in [4.69, 9.17) is 21.1 Å². The van der Waals surface area contributed by atoms with Crippen LogP contribution in [0.25, 0.3) is 0 Å². The van der Waals surface area contributed by atoms with Crippen LogP contribution >= 0.6 is 23.4 Å². The third-order valence-electron chi connectivity index (χ3n) is 4.59. The highest BCUT2D eigenvalue weighted by Gasteiger charge is 2.21. The number of halogens is 1. The average Bonchev–Trinajstić information content (AvgIpc) is 2.74. The third-order valence-corrected chi connectivity index (χ3v) is 5.73. The molecule has 0 aromatic heterocycles. The lowest BCUT2D eigenvalue weighted by Gasteiger charge is -2.36. The van der Waals surface area contributed by atoms with Crippen molar-refractivity contribution in [1.82, 2.24) is 4.90 Å². The molecule has 0 N–H and O–H groups in total. The maximum absolute atomic E-state index is 12.4. The van der Waals surface area contributed by atoms with Crippen molar-refractivity contribution < 1.29 is 14.3 Å². The first-order valence-electron chi connectivity index (χ1n) is 9.28. The number of nitrogens with zero attached hydrogens (tertiary/aromatic N) is 2. The van der Waals surface area contributed by atoms with E-state index in [1.165, 1.54) is 0 Å². The third kappa shape index (κ3) is 5.97. The number of hydrogen-bond acceptors (Lipinski definition) is 5. The Morgan fingerprint density at radius 1 is 1.07 bits per heavy atom. The quantitative estimate of drug-likeness (QED) is 0.607. The van der Waals surface area contributed by atoms with E-state index >= 15 is 0 Å². The zero-order chi connectivity index (χ0) is 19.8. The first-order chi connectivity index (χ1) is 13.7. The van der Waals surface area contributed by atoms with Crippen LogP contribution in [0.1, 0.15) is 0 Å². The van der Waals surface area contributed by atoms with Gasteiger partial charge in [-0.05, 0) is 42.5 Å². The number of piperazine rings is 1. The molecule has 28 heavy (non-hydrogen) atoms. The summed E-state index contributed by atoms with van der Waals surface area (Å²) in [5, 5.41) is 0.740. The molecule has 7 heteroatoms. The fraction of sp³-hybridized carbons (Fsp3) is 0.381. The summed E-state index contributed by atoms with van der Waals surface area (Å²) in [5.74, 6) is 3.08. The number of carbonyl (C=O) groups excluding carboxylic acids is 1. The van der Waals surface area contributed by atoms with Gasteiger partial charge in [-0.2, -0.15) is 0 Å². The number of carbonyl (C=O) groups is 1. The molecular weight excluding hydrogens is 396 g/mol. The molecule has 1 aliphatic heterocycles. The normalized spacial score (nSPS) is 14.1. The van der Waals surface area contributed by atoms with Crippen molar-refractivity contribution >= 4 is 35.0 Å². The van der Waals surface area contributed by atoms with Gasteiger partial charge in [0.2, 0.25) is 5.91 Å². The Morgan fingerprint density at radius 3 is 2.46 bits per heavy atom. The van der Waals surface area contributed by atoms with Gasteiger partial charge in [-0.25, -0.2) is 0 Å². The first kappa shape index (κ1) is 20.7. The summed E-state index contributed by atoms with van der Waals surface area (Å²) in [5.41, 5.74) is 1.12.